The van der Waals surface area contributed by atoms with Gasteiger partial charge in [-0.05, 0) is 52.0 Å². The van der Waals surface area contributed by atoms with Gasteiger partial charge in [-0.15, -0.1) is 0 Å². The average molecular weight is 475 g/mol. The number of aryl methyl sites for hydroxylation is 1. The van der Waals surface area contributed by atoms with Crippen LogP contribution in [0.4, 0.5) is 0 Å². The van der Waals surface area contributed by atoms with E-state index in [1.54, 1.807) is 24.6 Å². The summed E-state index contributed by atoms with van der Waals surface area (Å²) in [6, 6.07) is 1.61. The molecule has 33 heavy (non-hydrogen) atoms. The molecule has 5 rings (SSSR count). The van der Waals surface area contributed by atoms with Crippen LogP contribution in [0.3, 0.4) is 0 Å². The minimum atomic E-state index is -3.10. The molecule has 3 fully saturated rings. The number of sulfone groups is 1. The molecule has 1 amide bonds. The van der Waals surface area contributed by atoms with Crippen molar-refractivity contribution in [1.82, 2.24) is 20.1 Å². The van der Waals surface area contributed by atoms with Gasteiger partial charge in [-0.2, -0.15) is 5.10 Å². The summed E-state index contributed by atoms with van der Waals surface area (Å²) in [6.07, 6.45) is 5.67. The highest BCUT2D eigenvalue weighted by Gasteiger charge is 2.34. The summed E-state index contributed by atoms with van der Waals surface area (Å²) in [7, 11) is -3.10. The lowest BCUT2D eigenvalue weighted by atomic mass is 10.1. The second kappa shape index (κ2) is 8.38. The van der Waals surface area contributed by atoms with Crippen LogP contribution in [0.2, 0.25) is 0 Å². The number of nitrogens with zero attached hydrogens (tertiary/aromatic N) is 3. The first kappa shape index (κ1) is 22.3. The van der Waals surface area contributed by atoms with Gasteiger partial charge >= 0.3 is 5.97 Å². The second-order valence-corrected chi connectivity index (χ2v) is 11.9. The number of aromatic nitrogens is 3. The smallest absolute Gasteiger partial charge is 0.339 e. The molecule has 1 N–H and O–H groups in total. The lowest BCUT2D eigenvalue weighted by molar-refractivity contribution is -0.129. The summed E-state index contributed by atoms with van der Waals surface area (Å²) in [5, 5.41) is 8.12. The molecule has 0 radical (unpaired) electrons. The summed E-state index contributed by atoms with van der Waals surface area (Å²) in [5.41, 5.74) is 2.25. The average Bonchev–Trinajstić information content (AvgIpc) is 3.23. The number of nitrogens with one attached hydrogen (secondary N) is 1. The molecule has 2 aliphatic carbocycles. The van der Waals surface area contributed by atoms with E-state index in [9.17, 15) is 18.0 Å². The zero-order valence-corrected chi connectivity index (χ0v) is 19.9. The molecular formula is C23H30N4O5S. The van der Waals surface area contributed by atoms with E-state index < -0.39 is 21.9 Å². The van der Waals surface area contributed by atoms with Crippen molar-refractivity contribution in [3.63, 3.8) is 0 Å². The number of pyridine rings is 1. The van der Waals surface area contributed by atoms with Crippen LogP contribution in [0.1, 0.15) is 85.6 Å². The Morgan fingerprint density at radius 1 is 1.18 bits per heavy atom. The molecule has 1 saturated heterocycles. The predicted molar refractivity (Wildman–Crippen MR) is 122 cm³/mol. The summed E-state index contributed by atoms with van der Waals surface area (Å²) < 4.78 is 31.4. The van der Waals surface area contributed by atoms with E-state index in [0.29, 0.717) is 28.7 Å². The number of ether oxygens (including phenoxy) is 1. The van der Waals surface area contributed by atoms with Crippen molar-refractivity contribution < 1.29 is 22.7 Å². The maximum atomic E-state index is 13.2. The van der Waals surface area contributed by atoms with Gasteiger partial charge in [-0.3, -0.25) is 4.79 Å². The van der Waals surface area contributed by atoms with Gasteiger partial charge in [0, 0.05) is 17.7 Å². The third-order valence-corrected chi connectivity index (χ3v) is 8.73. The number of amides is 1. The summed E-state index contributed by atoms with van der Waals surface area (Å²) in [4.78, 5) is 30.6. The molecule has 3 aliphatic rings. The van der Waals surface area contributed by atoms with Crippen LogP contribution >= 0.6 is 0 Å². The molecule has 2 aromatic rings. The van der Waals surface area contributed by atoms with Gasteiger partial charge in [-0.1, -0.05) is 12.8 Å². The van der Waals surface area contributed by atoms with E-state index in [1.165, 1.54) is 0 Å². The van der Waals surface area contributed by atoms with Crippen LogP contribution in [0.5, 0.6) is 0 Å². The van der Waals surface area contributed by atoms with Gasteiger partial charge in [0.1, 0.15) is 0 Å². The van der Waals surface area contributed by atoms with Gasteiger partial charge in [0.15, 0.2) is 21.6 Å². The second-order valence-electron chi connectivity index (χ2n) is 9.69. The Morgan fingerprint density at radius 2 is 1.91 bits per heavy atom. The Bertz CT molecular complexity index is 1210. The molecule has 3 heterocycles. The van der Waals surface area contributed by atoms with Crippen LogP contribution in [-0.4, -0.2) is 58.7 Å². The van der Waals surface area contributed by atoms with Gasteiger partial charge in [0.05, 0.1) is 34.2 Å². The highest BCUT2D eigenvalue weighted by atomic mass is 32.2. The molecule has 0 spiro atoms. The van der Waals surface area contributed by atoms with Gasteiger partial charge in [-0.25, -0.2) is 22.9 Å². The number of hydrogen-bond donors (Lipinski definition) is 1. The molecule has 0 bridgehead atoms. The minimum Gasteiger partial charge on any atom is -0.449 e. The monoisotopic (exact) mass is 474 g/mol. The highest BCUT2D eigenvalue weighted by molar-refractivity contribution is 7.91. The lowest BCUT2D eigenvalue weighted by Gasteiger charge is -2.17. The molecule has 0 aromatic carbocycles. The van der Waals surface area contributed by atoms with E-state index >= 15 is 0 Å². The predicted octanol–water partition coefficient (Wildman–Crippen LogP) is 2.58. The van der Waals surface area contributed by atoms with Crippen molar-refractivity contribution >= 4 is 32.7 Å². The molecule has 10 heteroatoms. The molecule has 9 nitrogen and oxygen atoms in total. The summed E-state index contributed by atoms with van der Waals surface area (Å²) in [5.74, 6) is -0.439. The largest absolute Gasteiger partial charge is 0.449 e. The van der Waals surface area contributed by atoms with Gasteiger partial charge in [0.25, 0.3) is 5.91 Å². The van der Waals surface area contributed by atoms with E-state index in [0.717, 1.165) is 44.2 Å². The van der Waals surface area contributed by atoms with Gasteiger partial charge in [0.2, 0.25) is 0 Å². The minimum absolute atomic E-state index is 0.0245. The first-order valence-electron chi connectivity index (χ1n) is 11.8. The number of rotatable bonds is 6. The summed E-state index contributed by atoms with van der Waals surface area (Å²) >= 11 is 0. The standard InChI is InChI=1S/C23H30N4O5S/c1-13-20-18(23(29)32-14(2)22(28)24-16-5-3-4-6-16)11-19(15-7-8-15)25-21(20)27(26-13)17-9-10-33(30,31)12-17/h11,14-17H,3-10,12H2,1-2H3,(H,24,28)/t14-,17-/m0/s1. The van der Waals surface area contributed by atoms with Crippen LogP contribution in [0.15, 0.2) is 6.07 Å². The molecule has 2 atom stereocenters. The quantitative estimate of drug-likeness (QED) is 0.639. The SMILES string of the molecule is Cc1nn([C@H]2CCS(=O)(=O)C2)c2nc(C3CC3)cc(C(=O)O[C@@H](C)C(=O)NC3CCCC3)c12. The first-order chi connectivity index (χ1) is 15.7. The fourth-order valence-electron chi connectivity index (χ4n) is 4.97. The van der Waals surface area contributed by atoms with Crippen LogP contribution in [-0.2, 0) is 19.4 Å². The van der Waals surface area contributed by atoms with Crippen LogP contribution in [0.25, 0.3) is 11.0 Å². The zero-order valence-electron chi connectivity index (χ0n) is 19.0. The molecule has 2 aromatic heterocycles. The van der Waals surface area contributed by atoms with Crippen LogP contribution < -0.4 is 5.32 Å². The number of esters is 1. The number of fused-ring (bicyclic) bond motifs is 1. The Morgan fingerprint density at radius 3 is 2.55 bits per heavy atom. The Balaban J connectivity index is 1.45. The molecule has 0 unspecified atom stereocenters. The van der Waals surface area contributed by atoms with Crippen molar-refractivity contribution in [2.75, 3.05) is 11.5 Å². The van der Waals surface area contributed by atoms with Crippen molar-refractivity contribution in [2.24, 2.45) is 0 Å². The third-order valence-electron chi connectivity index (χ3n) is 6.98. The normalized spacial score (nSPS) is 23.6. The lowest BCUT2D eigenvalue weighted by Crippen LogP contribution is -2.40. The van der Waals surface area contributed by atoms with E-state index in [2.05, 4.69) is 10.4 Å². The van der Waals surface area contributed by atoms with Crippen LogP contribution in [0, 0.1) is 6.92 Å². The molecule has 2 saturated carbocycles. The molecular weight excluding hydrogens is 444 g/mol. The van der Waals surface area contributed by atoms with E-state index in [1.807, 2.05) is 0 Å². The first-order valence-corrected chi connectivity index (χ1v) is 13.7. The molecule has 178 valence electrons. The zero-order chi connectivity index (χ0) is 23.3. The molecule has 1 aliphatic heterocycles. The fraction of sp³-hybridized carbons (Fsp3) is 0.652. The number of carbonyl (C=O) groups is 2. The highest BCUT2D eigenvalue weighted by Crippen LogP contribution is 2.41. The Labute approximate surface area is 193 Å². The van der Waals surface area contributed by atoms with Crippen molar-refractivity contribution in [3.05, 3.63) is 23.0 Å². The third kappa shape index (κ3) is 4.49. The van der Waals surface area contributed by atoms with Crippen molar-refractivity contribution in [3.8, 4) is 0 Å². The van der Waals surface area contributed by atoms with Crippen molar-refractivity contribution in [1.29, 1.82) is 0 Å². The van der Waals surface area contributed by atoms with E-state index in [-0.39, 0.29) is 35.4 Å². The Kier molecular flexibility index (Phi) is 5.66. The topological polar surface area (TPSA) is 120 Å². The van der Waals surface area contributed by atoms with E-state index in [4.69, 9.17) is 9.72 Å². The van der Waals surface area contributed by atoms with Gasteiger partial charge < -0.3 is 10.1 Å². The maximum absolute atomic E-state index is 13.2. The number of hydrogen-bond acceptors (Lipinski definition) is 7. The maximum Gasteiger partial charge on any atom is 0.339 e. The number of carbonyl (C=O) groups excluding carboxylic acids is 2. The summed E-state index contributed by atoms with van der Waals surface area (Å²) in [6.45, 7) is 3.37. The fourth-order valence-corrected chi connectivity index (χ4v) is 6.66. The van der Waals surface area contributed by atoms with Crippen molar-refractivity contribution in [2.45, 2.75) is 82.9 Å². The Hall–Kier alpha value is -2.49.